The fourth-order valence-electron chi connectivity index (χ4n) is 2.61. The summed E-state index contributed by atoms with van der Waals surface area (Å²) in [6, 6.07) is 14.7. The summed E-state index contributed by atoms with van der Waals surface area (Å²) < 4.78 is 18.5. The van der Waals surface area contributed by atoms with Crippen LogP contribution in [0.2, 0.25) is 0 Å². The standard InChI is InChI=1S/C21H17FN2O6/c22-16-5-1-14(2-6-16)12-30-17-7-3-13(4-8-17)11-23-21(27)15-9-18(24(28)29)20(26)19(25)10-15/h1-10,25-26H,11-12H2,(H,23,27). The Bertz CT molecular complexity index is 1070. The lowest BCUT2D eigenvalue weighted by atomic mass is 10.1. The number of carbonyl (C=O) groups is 1. The number of amides is 1. The minimum atomic E-state index is -0.896. The van der Waals surface area contributed by atoms with E-state index in [9.17, 15) is 29.5 Å². The third-order valence-corrected chi connectivity index (χ3v) is 4.22. The SMILES string of the molecule is O=C(NCc1ccc(OCc2ccc(F)cc2)cc1)c1cc(O)c(O)c([N+](=O)[O-])c1. The van der Waals surface area contributed by atoms with E-state index >= 15 is 0 Å². The van der Waals surface area contributed by atoms with E-state index in [1.807, 2.05) is 0 Å². The Morgan fingerprint density at radius 2 is 1.67 bits per heavy atom. The van der Waals surface area contributed by atoms with Crippen molar-refractivity contribution in [3.63, 3.8) is 0 Å². The molecule has 0 spiro atoms. The predicted octanol–water partition coefficient (Wildman–Crippen LogP) is 3.65. The van der Waals surface area contributed by atoms with Crippen LogP contribution in [0.25, 0.3) is 0 Å². The number of phenolic OH excluding ortho intramolecular Hbond substituents is 2. The lowest BCUT2D eigenvalue weighted by Gasteiger charge is -2.09. The van der Waals surface area contributed by atoms with Crippen molar-refractivity contribution >= 4 is 11.6 Å². The maximum atomic E-state index is 12.9. The Morgan fingerprint density at radius 3 is 2.30 bits per heavy atom. The van der Waals surface area contributed by atoms with Gasteiger partial charge in [-0.1, -0.05) is 24.3 Å². The molecule has 0 bridgehead atoms. The first-order chi connectivity index (χ1) is 14.3. The van der Waals surface area contributed by atoms with Crippen LogP contribution in [0, 0.1) is 15.9 Å². The van der Waals surface area contributed by atoms with Crippen LogP contribution in [0.15, 0.2) is 60.7 Å². The minimum absolute atomic E-state index is 0.131. The molecule has 9 heteroatoms. The van der Waals surface area contributed by atoms with E-state index in [2.05, 4.69) is 5.32 Å². The molecule has 0 saturated heterocycles. The molecule has 1 amide bonds. The van der Waals surface area contributed by atoms with Crippen LogP contribution in [-0.2, 0) is 13.2 Å². The van der Waals surface area contributed by atoms with Crippen molar-refractivity contribution < 1.29 is 29.1 Å². The molecule has 0 unspecified atom stereocenters. The highest BCUT2D eigenvalue weighted by Crippen LogP contribution is 2.35. The van der Waals surface area contributed by atoms with Gasteiger partial charge in [-0.2, -0.15) is 0 Å². The molecule has 0 saturated carbocycles. The molecule has 0 radical (unpaired) electrons. The maximum absolute atomic E-state index is 12.9. The van der Waals surface area contributed by atoms with Crippen LogP contribution in [0.5, 0.6) is 17.2 Å². The van der Waals surface area contributed by atoms with Gasteiger partial charge in [0.1, 0.15) is 18.2 Å². The number of aromatic hydroxyl groups is 2. The van der Waals surface area contributed by atoms with Gasteiger partial charge in [0, 0.05) is 12.6 Å². The number of hydrogen-bond acceptors (Lipinski definition) is 6. The lowest BCUT2D eigenvalue weighted by Crippen LogP contribution is -2.22. The van der Waals surface area contributed by atoms with Crippen molar-refractivity contribution in [3.8, 4) is 17.2 Å². The van der Waals surface area contributed by atoms with Crippen molar-refractivity contribution in [2.24, 2.45) is 0 Å². The molecule has 0 aliphatic carbocycles. The van der Waals surface area contributed by atoms with Gasteiger partial charge in [0.25, 0.3) is 5.91 Å². The van der Waals surface area contributed by atoms with Crippen LogP contribution < -0.4 is 10.1 Å². The Kier molecular flexibility index (Phi) is 6.11. The molecule has 3 aromatic carbocycles. The summed E-state index contributed by atoms with van der Waals surface area (Å²) in [7, 11) is 0. The summed E-state index contributed by atoms with van der Waals surface area (Å²) in [5.74, 6) is -2.02. The second-order valence-electron chi connectivity index (χ2n) is 6.36. The Labute approximate surface area is 170 Å². The zero-order valence-corrected chi connectivity index (χ0v) is 15.5. The van der Waals surface area contributed by atoms with E-state index in [1.165, 1.54) is 12.1 Å². The molecule has 30 heavy (non-hydrogen) atoms. The zero-order valence-electron chi connectivity index (χ0n) is 15.5. The lowest BCUT2D eigenvalue weighted by molar-refractivity contribution is -0.386. The van der Waals surface area contributed by atoms with E-state index in [0.717, 1.165) is 23.3 Å². The molecule has 3 N–H and O–H groups in total. The molecule has 3 rings (SSSR count). The quantitative estimate of drug-likeness (QED) is 0.309. The number of nitro groups is 1. The number of nitro benzene ring substituents is 1. The Morgan fingerprint density at radius 1 is 1.03 bits per heavy atom. The summed E-state index contributed by atoms with van der Waals surface area (Å²) in [5.41, 5.74) is 0.646. The average Bonchev–Trinajstić information content (AvgIpc) is 2.74. The second-order valence-corrected chi connectivity index (χ2v) is 6.36. The topological polar surface area (TPSA) is 122 Å². The van der Waals surface area contributed by atoms with Gasteiger partial charge in [-0.05, 0) is 41.5 Å². The van der Waals surface area contributed by atoms with Gasteiger partial charge in [-0.25, -0.2) is 4.39 Å². The van der Waals surface area contributed by atoms with Gasteiger partial charge in [-0.15, -0.1) is 0 Å². The molecule has 0 atom stereocenters. The molecule has 0 aliphatic heterocycles. The molecular formula is C21H17FN2O6. The largest absolute Gasteiger partial charge is 0.504 e. The molecule has 154 valence electrons. The van der Waals surface area contributed by atoms with Gasteiger partial charge < -0.3 is 20.3 Å². The number of phenols is 2. The van der Waals surface area contributed by atoms with Crippen molar-refractivity contribution in [2.75, 3.05) is 0 Å². The van der Waals surface area contributed by atoms with Gasteiger partial charge in [0.05, 0.1) is 10.5 Å². The molecule has 0 fully saturated rings. The zero-order chi connectivity index (χ0) is 21.7. The number of nitrogens with one attached hydrogen (secondary N) is 1. The average molecular weight is 412 g/mol. The smallest absolute Gasteiger partial charge is 0.315 e. The van der Waals surface area contributed by atoms with E-state index < -0.39 is 28.0 Å². The van der Waals surface area contributed by atoms with Crippen molar-refractivity contribution in [2.45, 2.75) is 13.2 Å². The summed E-state index contributed by atoms with van der Waals surface area (Å²) in [5, 5.41) is 32.5. The number of benzene rings is 3. The van der Waals surface area contributed by atoms with Crippen LogP contribution in [0.4, 0.5) is 10.1 Å². The third kappa shape index (κ3) is 5.02. The highest BCUT2D eigenvalue weighted by molar-refractivity contribution is 5.95. The molecule has 8 nitrogen and oxygen atoms in total. The molecule has 0 aliphatic rings. The molecular weight excluding hydrogens is 395 g/mol. The Hall–Kier alpha value is -4.14. The van der Waals surface area contributed by atoms with E-state index in [-0.39, 0.29) is 24.5 Å². The first-order valence-corrected chi connectivity index (χ1v) is 8.78. The van der Waals surface area contributed by atoms with E-state index in [4.69, 9.17) is 4.74 Å². The van der Waals surface area contributed by atoms with E-state index in [1.54, 1.807) is 36.4 Å². The van der Waals surface area contributed by atoms with Crippen LogP contribution in [0.1, 0.15) is 21.5 Å². The highest BCUT2D eigenvalue weighted by atomic mass is 19.1. The predicted molar refractivity (Wildman–Crippen MR) is 105 cm³/mol. The summed E-state index contributed by atoms with van der Waals surface area (Å²) in [6.45, 7) is 0.409. The monoisotopic (exact) mass is 412 g/mol. The number of rotatable bonds is 7. The first-order valence-electron chi connectivity index (χ1n) is 8.78. The second kappa shape index (κ2) is 8.91. The van der Waals surface area contributed by atoms with Gasteiger partial charge in [0.2, 0.25) is 5.75 Å². The minimum Gasteiger partial charge on any atom is -0.504 e. The molecule has 0 aromatic heterocycles. The first kappa shape index (κ1) is 20.6. The van der Waals surface area contributed by atoms with E-state index in [0.29, 0.717) is 5.75 Å². The fourth-order valence-corrected chi connectivity index (χ4v) is 2.61. The molecule has 0 heterocycles. The highest BCUT2D eigenvalue weighted by Gasteiger charge is 2.21. The number of hydrogen-bond donors (Lipinski definition) is 3. The van der Waals surface area contributed by atoms with Gasteiger partial charge >= 0.3 is 5.69 Å². The summed E-state index contributed by atoms with van der Waals surface area (Å²) in [4.78, 5) is 22.2. The van der Waals surface area contributed by atoms with Crippen LogP contribution in [-0.4, -0.2) is 21.0 Å². The number of halogens is 1. The maximum Gasteiger partial charge on any atom is 0.315 e. The van der Waals surface area contributed by atoms with Crippen LogP contribution in [0.3, 0.4) is 0 Å². The normalized spacial score (nSPS) is 10.4. The number of nitrogens with zero attached hydrogens (tertiary/aromatic N) is 1. The number of carbonyl (C=O) groups excluding carboxylic acids is 1. The van der Waals surface area contributed by atoms with Crippen molar-refractivity contribution in [1.29, 1.82) is 0 Å². The van der Waals surface area contributed by atoms with Crippen molar-refractivity contribution in [3.05, 3.63) is 93.3 Å². The number of ether oxygens (including phenoxy) is 1. The fraction of sp³-hybridized carbons (Fsp3) is 0.0952. The summed E-state index contributed by atoms with van der Waals surface area (Å²) in [6.07, 6.45) is 0. The third-order valence-electron chi connectivity index (χ3n) is 4.22. The summed E-state index contributed by atoms with van der Waals surface area (Å²) >= 11 is 0. The molecule has 3 aromatic rings. The van der Waals surface area contributed by atoms with Crippen LogP contribution >= 0.6 is 0 Å². The van der Waals surface area contributed by atoms with Crippen molar-refractivity contribution in [1.82, 2.24) is 5.32 Å². The Balaban J connectivity index is 1.57. The van der Waals surface area contributed by atoms with Gasteiger partial charge in [0.15, 0.2) is 5.75 Å². The van der Waals surface area contributed by atoms with Gasteiger partial charge in [-0.3, -0.25) is 14.9 Å².